The molecule has 0 aliphatic carbocycles. The van der Waals surface area contributed by atoms with Crippen molar-refractivity contribution in [2.24, 2.45) is 0 Å². The molecule has 2 rings (SSSR count). The number of hydrogen-bond acceptors (Lipinski definition) is 5. The third kappa shape index (κ3) is 4.96. The molecule has 0 atom stereocenters. The summed E-state index contributed by atoms with van der Waals surface area (Å²) >= 11 is 3.10. The van der Waals surface area contributed by atoms with Gasteiger partial charge in [0.05, 0.1) is 28.2 Å². The summed E-state index contributed by atoms with van der Waals surface area (Å²) in [6.07, 6.45) is 1.29. The maximum absolute atomic E-state index is 12.1. The number of ketones is 1. The number of rotatable bonds is 7. The van der Waals surface area contributed by atoms with E-state index in [0.29, 0.717) is 16.8 Å². The van der Waals surface area contributed by atoms with Gasteiger partial charge in [0.2, 0.25) is 0 Å². The summed E-state index contributed by atoms with van der Waals surface area (Å²) in [7, 11) is -3.28. The van der Waals surface area contributed by atoms with Crippen LogP contribution in [0.5, 0.6) is 0 Å². The fourth-order valence-electron chi connectivity index (χ4n) is 2.02. The van der Waals surface area contributed by atoms with E-state index in [-0.39, 0.29) is 34.2 Å². The molecule has 1 aromatic carbocycles. The van der Waals surface area contributed by atoms with Gasteiger partial charge in [0.1, 0.15) is 0 Å². The zero-order chi connectivity index (χ0) is 18.4. The summed E-state index contributed by atoms with van der Waals surface area (Å²) in [4.78, 5) is 27.9. The lowest BCUT2D eigenvalue weighted by Crippen LogP contribution is -2.23. The summed E-state index contributed by atoms with van der Waals surface area (Å²) in [5, 5.41) is 2.94. The van der Waals surface area contributed by atoms with Gasteiger partial charge in [-0.3, -0.25) is 14.6 Å². The van der Waals surface area contributed by atoms with Crippen molar-refractivity contribution in [2.45, 2.75) is 18.4 Å². The highest BCUT2D eigenvalue weighted by atomic mass is 79.9. The lowest BCUT2D eigenvalue weighted by atomic mass is 10.1. The van der Waals surface area contributed by atoms with Gasteiger partial charge in [-0.15, -0.1) is 0 Å². The second-order valence-corrected chi connectivity index (χ2v) is 8.04. The van der Waals surface area contributed by atoms with Crippen LogP contribution in [0.25, 0.3) is 0 Å². The molecular weight excluding hydrogens is 408 g/mol. The molecule has 0 aliphatic rings. The van der Waals surface area contributed by atoms with Crippen LogP contribution in [0.15, 0.2) is 47.5 Å². The van der Waals surface area contributed by atoms with Crippen LogP contribution < -0.4 is 5.32 Å². The standard InChI is InChI=1S/C17H17BrN2O4S/c1-2-25(23,24)15-8-7-14(19-11-15)10-20-17(22)13-5-3-12(4-6-13)16(21)9-18/h3-8,11H,2,9-10H2,1H3,(H,20,22). The van der Waals surface area contributed by atoms with Crippen LogP contribution in [0.1, 0.15) is 33.3 Å². The number of halogens is 1. The molecule has 1 amide bonds. The number of carbonyl (C=O) groups excluding carboxylic acids is 2. The average molecular weight is 425 g/mol. The first-order valence-electron chi connectivity index (χ1n) is 7.52. The zero-order valence-electron chi connectivity index (χ0n) is 13.5. The summed E-state index contributed by atoms with van der Waals surface area (Å²) < 4.78 is 23.4. The summed E-state index contributed by atoms with van der Waals surface area (Å²) in [5.74, 6) is -0.346. The Morgan fingerprint density at radius 2 is 1.72 bits per heavy atom. The van der Waals surface area contributed by atoms with Crippen LogP contribution in [-0.4, -0.2) is 36.2 Å². The molecule has 1 heterocycles. The van der Waals surface area contributed by atoms with Crippen LogP contribution in [0, 0.1) is 0 Å². The molecule has 2 aromatic rings. The molecule has 0 unspecified atom stereocenters. The molecule has 132 valence electrons. The van der Waals surface area contributed by atoms with Crippen molar-refractivity contribution >= 4 is 37.5 Å². The van der Waals surface area contributed by atoms with Gasteiger partial charge >= 0.3 is 0 Å². The van der Waals surface area contributed by atoms with E-state index >= 15 is 0 Å². The smallest absolute Gasteiger partial charge is 0.251 e. The van der Waals surface area contributed by atoms with E-state index in [1.54, 1.807) is 37.3 Å². The van der Waals surface area contributed by atoms with Crippen LogP contribution in [0.2, 0.25) is 0 Å². The summed E-state index contributed by atoms with van der Waals surface area (Å²) in [6, 6.07) is 9.40. The molecule has 8 heteroatoms. The molecule has 0 spiro atoms. The first-order chi connectivity index (χ1) is 11.9. The number of alkyl halides is 1. The number of hydrogen-bond donors (Lipinski definition) is 1. The van der Waals surface area contributed by atoms with Crippen LogP contribution in [-0.2, 0) is 16.4 Å². The molecule has 0 saturated carbocycles. The van der Waals surface area contributed by atoms with Gasteiger partial charge < -0.3 is 5.32 Å². The van der Waals surface area contributed by atoms with Crippen molar-refractivity contribution in [3.63, 3.8) is 0 Å². The van der Waals surface area contributed by atoms with Crippen LogP contribution >= 0.6 is 15.9 Å². The molecule has 25 heavy (non-hydrogen) atoms. The van der Waals surface area contributed by atoms with Crippen LogP contribution in [0.3, 0.4) is 0 Å². The second kappa shape index (κ2) is 8.35. The predicted molar refractivity (Wildman–Crippen MR) is 97.7 cm³/mol. The molecule has 0 bridgehead atoms. The average Bonchev–Trinajstić information content (AvgIpc) is 2.65. The van der Waals surface area contributed by atoms with Crippen molar-refractivity contribution in [3.8, 4) is 0 Å². The fraction of sp³-hybridized carbons (Fsp3) is 0.235. The number of Topliss-reactive ketones (excluding diaryl/α,β-unsaturated/α-hetero) is 1. The van der Waals surface area contributed by atoms with Gasteiger partial charge in [0, 0.05) is 17.3 Å². The van der Waals surface area contributed by atoms with Crippen molar-refractivity contribution in [3.05, 3.63) is 59.4 Å². The van der Waals surface area contributed by atoms with Crippen molar-refractivity contribution in [1.82, 2.24) is 10.3 Å². The third-order valence-electron chi connectivity index (χ3n) is 3.56. The van der Waals surface area contributed by atoms with Gasteiger partial charge in [-0.25, -0.2) is 8.42 Å². The highest BCUT2D eigenvalue weighted by Gasteiger charge is 2.12. The predicted octanol–water partition coefficient (Wildman–Crippen LogP) is 2.38. The Hall–Kier alpha value is -2.06. The van der Waals surface area contributed by atoms with E-state index in [9.17, 15) is 18.0 Å². The number of aromatic nitrogens is 1. The van der Waals surface area contributed by atoms with Gasteiger partial charge in [-0.05, 0) is 24.3 Å². The Bertz CT molecular complexity index is 863. The monoisotopic (exact) mass is 424 g/mol. The largest absolute Gasteiger partial charge is 0.346 e. The SMILES string of the molecule is CCS(=O)(=O)c1ccc(CNC(=O)c2ccc(C(=O)CBr)cc2)nc1. The van der Waals surface area contributed by atoms with E-state index in [4.69, 9.17) is 0 Å². The fourth-order valence-corrected chi connectivity index (χ4v) is 3.17. The van der Waals surface area contributed by atoms with Crippen molar-refractivity contribution in [1.29, 1.82) is 0 Å². The number of sulfone groups is 1. The number of amides is 1. The topological polar surface area (TPSA) is 93.2 Å². The molecule has 0 aliphatic heterocycles. The Morgan fingerprint density at radius 1 is 1.08 bits per heavy atom. The minimum atomic E-state index is -3.28. The molecule has 0 fully saturated rings. The molecule has 1 aromatic heterocycles. The summed E-state index contributed by atoms with van der Waals surface area (Å²) in [5.41, 5.74) is 1.51. The third-order valence-corrected chi connectivity index (χ3v) is 5.79. The van der Waals surface area contributed by atoms with E-state index in [2.05, 4.69) is 26.2 Å². The quantitative estimate of drug-likeness (QED) is 0.543. The summed E-state index contributed by atoms with van der Waals surface area (Å²) in [6.45, 7) is 1.74. The Labute approximate surface area is 154 Å². The number of carbonyl (C=O) groups is 2. The molecule has 1 N–H and O–H groups in total. The zero-order valence-corrected chi connectivity index (χ0v) is 15.9. The Morgan fingerprint density at radius 3 is 2.24 bits per heavy atom. The molecule has 6 nitrogen and oxygen atoms in total. The van der Waals surface area contributed by atoms with E-state index in [1.165, 1.54) is 12.3 Å². The number of benzene rings is 1. The van der Waals surface area contributed by atoms with Gasteiger partial charge in [0.25, 0.3) is 5.91 Å². The number of pyridine rings is 1. The van der Waals surface area contributed by atoms with Crippen molar-refractivity contribution in [2.75, 3.05) is 11.1 Å². The minimum absolute atomic E-state index is 0.0122. The number of nitrogens with zero attached hydrogens (tertiary/aromatic N) is 1. The van der Waals surface area contributed by atoms with Gasteiger partial charge in [-0.1, -0.05) is 35.0 Å². The van der Waals surface area contributed by atoms with Crippen molar-refractivity contribution < 1.29 is 18.0 Å². The van der Waals surface area contributed by atoms with Crippen LogP contribution in [0.4, 0.5) is 0 Å². The minimum Gasteiger partial charge on any atom is -0.346 e. The maximum atomic E-state index is 12.1. The maximum Gasteiger partial charge on any atom is 0.251 e. The molecule has 0 radical (unpaired) electrons. The molecular formula is C17H17BrN2O4S. The number of nitrogens with one attached hydrogen (secondary N) is 1. The lowest BCUT2D eigenvalue weighted by Gasteiger charge is -2.07. The van der Waals surface area contributed by atoms with Gasteiger partial charge in [-0.2, -0.15) is 0 Å². The normalized spacial score (nSPS) is 11.1. The Kier molecular flexibility index (Phi) is 6.44. The Balaban J connectivity index is 1.99. The van der Waals surface area contributed by atoms with E-state index < -0.39 is 9.84 Å². The first kappa shape index (κ1) is 19.3. The molecule has 0 saturated heterocycles. The van der Waals surface area contributed by atoms with E-state index in [0.717, 1.165) is 0 Å². The highest BCUT2D eigenvalue weighted by Crippen LogP contribution is 2.10. The second-order valence-electron chi connectivity index (χ2n) is 5.21. The van der Waals surface area contributed by atoms with E-state index in [1.807, 2.05) is 0 Å². The first-order valence-corrected chi connectivity index (χ1v) is 10.3. The van der Waals surface area contributed by atoms with Gasteiger partial charge in [0.15, 0.2) is 15.6 Å². The highest BCUT2D eigenvalue weighted by molar-refractivity contribution is 9.09. The lowest BCUT2D eigenvalue weighted by molar-refractivity contribution is 0.0948.